The maximum atomic E-state index is 5.85. The van der Waals surface area contributed by atoms with Gasteiger partial charge in [0.25, 0.3) is 0 Å². The van der Waals surface area contributed by atoms with E-state index in [1.54, 1.807) is 7.11 Å². The molecule has 0 bridgehead atoms. The van der Waals surface area contributed by atoms with E-state index in [1.807, 2.05) is 0 Å². The van der Waals surface area contributed by atoms with Gasteiger partial charge in [0.1, 0.15) is 6.79 Å². The van der Waals surface area contributed by atoms with E-state index >= 15 is 0 Å². The third-order valence-electron chi connectivity index (χ3n) is 2.90. The van der Waals surface area contributed by atoms with E-state index in [0.29, 0.717) is 18.6 Å². The third-order valence-corrected chi connectivity index (χ3v) is 2.90. The van der Waals surface area contributed by atoms with Crippen molar-refractivity contribution in [2.45, 2.75) is 60.0 Å². The Morgan fingerprint density at radius 1 is 1.24 bits per heavy atom. The lowest BCUT2D eigenvalue weighted by atomic mass is 9.87. The van der Waals surface area contributed by atoms with Crippen molar-refractivity contribution in [3.05, 3.63) is 11.6 Å². The highest BCUT2D eigenvalue weighted by atomic mass is 16.7. The lowest BCUT2D eigenvalue weighted by Crippen LogP contribution is -2.29. The number of ether oxygens (including phenoxy) is 2. The molecule has 0 N–H and O–H groups in total. The SMILES string of the molecule is CCCC[C@H](C=C(C)C)[C@@H](OCOC)C(C)C. The standard InChI is InChI=1S/C15H30O2/c1-7-8-9-14(10-12(2)3)15(13(4)5)17-11-16-6/h10,13-15H,7-9,11H2,1-6H3/t14-,15+/m1/s1. The first-order valence-electron chi connectivity index (χ1n) is 6.78. The van der Waals surface area contributed by atoms with Crippen LogP contribution in [0.1, 0.15) is 53.9 Å². The second-order valence-corrected chi connectivity index (χ2v) is 5.33. The monoisotopic (exact) mass is 242 g/mol. The topological polar surface area (TPSA) is 18.5 Å². The van der Waals surface area contributed by atoms with Crippen molar-refractivity contribution in [2.75, 3.05) is 13.9 Å². The van der Waals surface area contributed by atoms with Crippen molar-refractivity contribution in [3.8, 4) is 0 Å². The maximum absolute atomic E-state index is 5.85. The molecular formula is C15H30O2. The lowest BCUT2D eigenvalue weighted by Gasteiger charge is -2.28. The maximum Gasteiger partial charge on any atom is 0.146 e. The highest BCUT2D eigenvalue weighted by Crippen LogP contribution is 2.24. The van der Waals surface area contributed by atoms with Gasteiger partial charge in [-0.15, -0.1) is 0 Å². The minimum Gasteiger partial charge on any atom is -0.359 e. The Bertz CT molecular complexity index is 205. The Morgan fingerprint density at radius 3 is 2.29 bits per heavy atom. The van der Waals surface area contributed by atoms with Crippen molar-refractivity contribution in [3.63, 3.8) is 0 Å². The zero-order chi connectivity index (χ0) is 13.3. The molecule has 0 aromatic rings. The number of allylic oxidation sites excluding steroid dienone is 1. The lowest BCUT2D eigenvalue weighted by molar-refractivity contribution is -0.102. The Labute approximate surface area is 107 Å². The molecule has 102 valence electrons. The summed E-state index contributed by atoms with van der Waals surface area (Å²) in [5, 5.41) is 0. The Hall–Kier alpha value is -0.340. The fourth-order valence-corrected chi connectivity index (χ4v) is 2.17. The van der Waals surface area contributed by atoms with Gasteiger partial charge in [0.05, 0.1) is 6.10 Å². The molecule has 0 saturated carbocycles. The molecule has 0 fully saturated rings. The van der Waals surface area contributed by atoms with Crippen LogP contribution >= 0.6 is 0 Å². The van der Waals surface area contributed by atoms with Gasteiger partial charge < -0.3 is 9.47 Å². The average Bonchev–Trinajstić information content (AvgIpc) is 2.24. The van der Waals surface area contributed by atoms with Crippen LogP contribution in [-0.4, -0.2) is 20.0 Å². The van der Waals surface area contributed by atoms with E-state index in [1.165, 1.54) is 24.8 Å². The molecule has 0 radical (unpaired) electrons. The van der Waals surface area contributed by atoms with Crippen LogP contribution in [0.4, 0.5) is 0 Å². The first-order valence-corrected chi connectivity index (χ1v) is 6.78. The molecule has 0 spiro atoms. The summed E-state index contributed by atoms with van der Waals surface area (Å²) in [6.45, 7) is 11.4. The molecule has 0 heterocycles. The minimum absolute atomic E-state index is 0.261. The van der Waals surface area contributed by atoms with Crippen LogP contribution in [0.3, 0.4) is 0 Å². The highest BCUT2D eigenvalue weighted by Gasteiger charge is 2.23. The molecule has 0 rings (SSSR count). The van der Waals surface area contributed by atoms with Gasteiger partial charge in [-0.25, -0.2) is 0 Å². The van der Waals surface area contributed by atoms with Crippen LogP contribution in [0.2, 0.25) is 0 Å². The summed E-state index contributed by atoms with van der Waals surface area (Å²) >= 11 is 0. The number of rotatable bonds is 9. The summed E-state index contributed by atoms with van der Waals surface area (Å²) in [5.74, 6) is 1.03. The molecule has 17 heavy (non-hydrogen) atoms. The molecule has 0 saturated heterocycles. The average molecular weight is 242 g/mol. The molecule has 0 amide bonds. The number of unbranched alkanes of at least 4 members (excludes halogenated alkanes) is 1. The largest absolute Gasteiger partial charge is 0.359 e. The quantitative estimate of drug-likeness (QED) is 0.440. The fourth-order valence-electron chi connectivity index (χ4n) is 2.17. The van der Waals surface area contributed by atoms with Crippen LogP contribution < -0.4 is 0 Å². The van der Waals surface area contributed by atoms with Gasteiger partial charge in [-0.2, -0.15) is 0 Å². The zero-order valence-corrected chi connectivity index (χ0v) is 12.5. The number of methoxy groups -OCH3 is 1. The van der Waals surface area contributed by atoms with Gasteiger partial charge in [0.2, 0.25) is 0 Å². The predicted molar refractivity (Wildman–Crippen MR) is 74.0 cm³/mol. The summed E-state index contributed by atoms with van der Waals surface area (Å²) in [6.07, 6.45) is 6.32. The van der Waals surface area contributed by atoms with E-state index in [0.717, 1.165) is 0 Å². The van der Waals surface area contributed by atoms with Crippen molar-refractivity contribution >= 4 is 0 Å². The van der Waals surface area contributed by atoms with Crippen LogP contribution in [0, 0.1) is 11.8 Å². The normalized spacial score (nSPS) is 14.8. The summed E-state index contributed by atoms with van der Waals surface area (Å²) < 4.78 is 10.9. The van der Waals surface area contributed by atoms with Gasteiger partial charge in [0.15, 0.2) is 0 Å². The fraction of sp³-hybridized carbons (Fsp3) is 0.867. The Kier molecular flexibility index (Phi) is 9.47. The van der Waals surface area contributed by atoms with Gasteiger partial charge in [-0.1, -0.05) is 45.3 Å². The second-order valence-electron chi connectivity index (χ2n) is 5.33. The molecular weight excluding hydrogens is 212 g/mol. The van der Waals surface area contributed by atoms with Crippen molar-refractivity contribution in [2.24, 2.45) is 11.8 Å². The molecule has 0 aliphatic carbocycles. The van der Waals surface area contributed by atoms with Gasteiger partial charge >= 0.3 is 0 Å². The predicted octanol–water partition coefficient (Wildman–Crippen LogP) is 4.40. The number of hydrogen-bond donors (Lipinski definition) is 0. The summed E-state index contributed by atoms with van der Waals surface area (Å²) in [5.41, 5.74) is 1.37. The second kappa shape index (κ2) is 9.67. The summed E-state index contributed by atoms with van der Waals surface area (Å²) in [6, 6.07) is 0. The zero-order valence-electron chi connectivity index (χ0n) is 12.5. The van der Waals surface area contributed by atoms with Gasteiger partial charge in [-0.3, -0.25) is 0 Å². The molecule has 0 unspecified atom stereocenters. The smallest absolute Gasteiger partial charge is 0.146 e. The first-order chi connectivity index (χ1) is 8.02. The van der Waals surface area contributed by atoms with E-state index in [2.05, 4.69) is 40.7 Å². The van der Waals surface area contributed by atoms with Crippen LogP contribution in [-0.2, 0) is 9.47 Å². The van der Waals surface area contributed by atoms with Crippen molar-refractivity contribution in [1.82, 2.24) is 0 Å². The van der Waals surface area contributed by atoms with Crippen LogP contribution in [0.5, 0.6) is 0 Å². The third kappa shape index (κ3) is 7.56. The molecule has 0 aromatic carbocycles. The Morgan fingerprint density at radius 2 is 1.88 bits per heavy atom. The summed E-state index contributed by atoms with van der Waals surface area (Å²) in [7, 11) is 1.68. The first kappa shape index (κ1) is 16.7. The van der Waals surface area contributed by atoms with Crippen LogP contribution in [0.15, 0.2) is 11.6 Å². The molecule has 0 aliphatic heterocycles. The molecule has 2 heteroatoms. The Balaban J connectivity index is 4.61. The van der Waals surface area contributed by atoms with Crippen molar-refractivity contribution < 1.29 is 9.47 Å². The minimum atomic E-state index is 0.261. The molecule has 2 atom stereocenters. The summed E-state index contributed by atoms with van der Waals surface area (Å²) in [4.78, 5) is 0. The number of hydrogen-bond acceptors (Lipinski definition) is 2. The molecule has 2 nitrogen and oxygen atoms in total. The highest BCUT2D eigenvalue weighted by molar-refractivity contribution is 5.00. The van der Waals surface area contributed by atoms with Gasteiger partial charge in [0, 0.05) is 13.0 Å². The van der Waals surface area contributed by atoms with Crippen LogP contribution in [0.25, 0.3) is 0 Å². The van der Waals surface area contributed by atoms with E-state index in [4.69, 9.17) is 9.47 Å². The van der Waals surface area contributed by atoms with Crippen molar-refractivity contribution in [1.29, 1.82) is 0 Å². The van der Waals surface area contributed by atoms with Gasteiger partial charge in [-0.05, 0) is 26.2 Å². The van der Waals surface area contributed by atoms with E-state index < -0.39 is 0 Å². The molecule has 0 aliphatic rings. The van der Waals surface area contributed by atoms with E-state index in [-0.39, 0.29) is 6.10 Å². The van der Waals surface area contributed by atoms with E-state index in [9.17, 15) is 0 Å². The molecule has 0 aromatic heterocycles.